The normalized spacial score (nSPS) is 20.5. The number of rotatable bonds is 4. The highest BCUT2D eigenvalue weighted by atomic mass is 16.3. The zero-order chi connectivity index (χ0) is 23.0. The van der Waals surface area contributed by atoms with Crippen molar-refractivity contribution in [2.24, 2.45) is 0 Å². The molecule has 4 rings (SSSR count). The first-order valence-corrected chi connectivity index (χ1v) is 11.7. The van der Waals surface area contributed by atoms with Gasteiger partial charge in [0.15, 0.2) is 0 Å². The van der Waals surface area contributed by atoms with Gasteiger partial charge in [-0.1, -0.05) is 64.1 Å². The van der Waals surface area contributed by atoms with E-state index >= 15 is 0 Å². The molecule has 1 saturated heterocycles. The van der Waals surface area contributed by atoms with Crippen LogP contribution in [0.2, 0.25) is 0 Å². The largest absolute Gasteiger partial charge is 0.507 e. The number of benzene rings is 2. The number of carbonyl (C=O) groups is 2. The van der Waals surface area contributed by atoms with Crippen LogP contribution >= 0.6 is 0 Å². The number of aliphatic hydroxyl groups is 1. The Labute approximate surface area is 191 Å². The van der Waals surface area contributed by atoms with E-state index in [1.54, 1.807) is 4.90 Å². The van der Waals surface area contributed by atoms with Crippen LogP contribution in [0.15, 0.2) is 48.0 Å². The zero-order valence-electron chi connectivity index (χ0n) is 19.6. The number of aliphatic hydroxyl groups excluding tert-OH is 1. The molecule has 1 fully saturated rings. The van der Waals surface area contributed by atoms with E-state index in [9.17, 15) is 14.7 Å². The number of likely N-dealkylation sites (tertiary alicyclic amines) is 1. The second-order valence-corrected chi connectivity index (χ2v) is 10.1. The SMILES string of the molecule is CCCN1C(=O)C(=O)/C(=C(\O)c2ccc3c(c2)CCCC3)C1c1ccc(C(C)(C)C)cc1. The Morgan fingerprint density at radius 3 is 2.28 bits per heavy atom. The topological polar surface area (TPSA) is 57.6 Å². The molecule has 0 bridgehead atoms. The molecule has 0 spiro atoms. The van der Waals surface area contributed by atoms with E-state index in [4.69, 9.17) is 0 Å². The lowest BCUT2D eigenvalue weighted by Gasteiger charge is -2.26. The number of nitrogens with zero attached hydrogens (tertiary/aromatic N) is 1. The average Bonchev–Trinajstić information content (AvgIpc) is 3.03. The lowest BCUT2D eigenvalue weighted by atomic mass is 9.85. The van der Waals surface area contributed by atoms with Crippen molar-refractivity contribution in [3.8, 4) is 0 Å². The molecule has 0 saturated carbocycles. The lowest BCUT2D eigenvalue weighted by Crippen LogP contribution is -2.30. The van der Waals surface area contributed by atoms with Crippen molar-refractivity contribution in [3.63, 3.8) is 0 Å². The predicted molar refractivity (Wildman–Crippen MR) is 128 cm³/mol. The highest BCUT2D eigenvalue weighted by Gasteiger charge is 2.45. The fourth-order valence-electron chi connectivity index (χ4n) is 4.90. The summed E-state index contributed by atoms with van der Waals surface area (Å²) in [7, 11) is 0. The molecule has 1 heterocycles. The van der Waals surface area contributed by atoms with Crippen LogP contribution in [0.5, 0.6) is 0 Å². The second kappa shape index (κ2) is 8.57. The number of hydrogen-bond acceptors (Lipinski definition) is 3. The smallest absolute Gasteiger partial charge is 0.295 e. The summed E-state index contributed by atoms with van der Waals surface area (Å²) in [6.07, 6.45) is 5.10. The van der Waals surface area contributed by atoms with Crippen molar-refractivity contribution in [1.82, 2.24) is 4.90 Å². The van der Waals surface area contributed by atoms with Gasteiger partial charge in [-0.25, -0.2) is 0 Å². The first-order chi connectivity index (χ1) is 15.2. The fourth-order valence-corrected chi connectivity index (χ4v) is 4.90. The molecule has 4 nitrogen and oxygen atoms in total. The average molecular weight is 432 g/mol. The van der Waals surface area contributed by atoms with Crippen LogP contribution in [0.1, 0.15) is 80.8 Å². The van der Waals surface area contributed by atoms with Gasteiger partial charge in [0.2, 0.25) is 0 Å². The summed E-state index contributed by atoms with van der Waals surface area (Å²) in [5.74, 6) is -1.20. The Hall–Kier alpha value is -2.88. The van der Waals surface area contributed by atoms with Crippen LogP contribution in [-0.2, 0) is 27.8 Å². The quantitative estimate of drug-likeness (QED) is 0.384. The molecule has 168 valence electrons. The Morgan fingerprint density at radius 1 is 1.00 bits per heavy atom. The van der Waals surface area contributed by atoms with Crippen molar-refractivity contribution < 1.29 is 14.7 Å². The molecule has 1 aliphatic carbocycles. The molecule has 1 aliphatic heterocycles. The summed E-state index contributed by atoms with van der Waals surface area (Å²) < 4.78 is 0. The molecule has 1 N–H and O–H groups in total. The predicted octanol–water partition coefficient (Wildman–Crippen LogP) is 5.69. The van der Waals surface area contributed by atoms with Gasteiger partial charge in [0.25, 0.3) is 11.7 Å². The van der Waals surface area contributed by atoms with Crippen LogP contribution in [0.4, 0.5) is 0 Å². The van der Waals surface area contributed by atoms with Crippen molar-refractivity contribution in [3.05, 3.63) is 75.9 Å². The lowest BCUT2D eigenvalue weighted by molar-refractivity contribution is -0.139. The minimum atomic E-state index is -0.599. The van der Waals surface area contributed by atoms with Gasteiger partial charge in [0.1, 0.15) is 5.76 Å². The molecular weight excluding hydrogens is 398 g/mol. The van der Waals surface area contributed by atoms with E-state index < -0.39 is 17.7 Å². The maximum atomic E-state index is 13.1. The van der Waals surface area contributed by atoms with E-state index in [1.807, 2.05) is 31.2 Å². The minimum Gasteiger partial charge on any atom is -0.507 e. The Kier molecular flexibility index (Phi) is 5.98. The molecule has 4 heteroatoms. The third-order valence-corrected chi connectivity index (χ3v) is 6.72. The minimum absolute atomic E-state index is 0.00683. The first kappa shape index (κ1) is 22.3. The van der Waals surface area contributed by atoms with Gasteiger partial charge in [0, 0.05) is 12.1 Å². The number of ketones is 1. The van der Waals surface area contributed by atoms with Crippen molar-refractivity contribution in [2.45, 2.75) is 71.3 Å². The van der Waals surface area contributed by atoms with E-state index in [0.717, 1.165) is 31.2 Å². The molecular formula is C28H33NO3. The second-order valence-electron chi connectivity index (χ2n) is 10.1. The van der Waals surface area contributed by atoms with E-state index in [-0.39, 0.29) is 16.7 Å². The van der Waals surface area contributed by atoms with Crippen LogP contribution in [-0.4, -0.2) is 28.2 Å². The Balaban J connectivity index is 1.82. The Morgan fingerprint density at radius 2 is 1.66 bits per heavy atom. The molecule has 32 heavy (non-hydrogen) atoms. The number of fused-ring (bicyclic) bond motifs is 1. The molecule has 1 unspecified atom stereocenters. The summed E-state index contributed by atoms with van der Waals surface area (Å²) in [6, 6.07) is 13.4. The maximum absolute atomic E-state index is 13.1. The molecule has 2 aromatic carbocycles. The van der Waals surface area contributed by atoms with Crippen LogP contribution < -0.4 is 0 Å². The monoisotopic (exact) mass is 431 g/mol. The molecule has 0 aromatic heterocycles. The van der Waals surface area contributed by atoms with Crippen molar-refractivity contribution in [1.29, 1.82) is 0 Å². The summed E-state index contributed by atoms with van der Waals surface area (Å²) in [5.41, 5.74) is 5.41. The van der Waals surface area contributed by atoms with Crippen LogP contribution in [0.3, 0.4) is 0 Å². The summed E-state index contributed by atoms with van der Waals surface area (Å²) in [4.78, 5) is 27.6. The molecule has 1 amide bonds. The summed E-state index contributed by atoms with van der Waals surface area (Å²) in [5, 5.41) is 11.3. The molecule has 2 aromatic rings. The highest BCUT2D eigenvalue weighted by Crippen LogP contribution is 2.40. The number of hydrogen-bond donors (Lipinski definition) is 1. The zero-order valence-corrected chi connectivity index (χ0v) is 19.6. The highest BCUT2D eigenvalue weighted by molar-refractivity contribution is 6.46. The van der Waals surface area contributed by atoms with Gasteiger partial charge >= 0.3 is 0 Å². The van der Waals surface area contributed by atoms with E-state index in [0.29, 0.717) is 12.1 Å². The van der Waals surface area contributed by atoms with Crippen molar-refractivity contribution in [2.75, 3.05) is 6.54 Å². The van der Waals surface area contributed by atoms with E-state index in [1.165, 1.54) is 23.1 Å². The standard InChI is InChI=1S/C28H33NO3/c1-5-16-29-24(19-12-14-22(15-13-19)28(2,3)4)23(26(31)27(29)32)25(30)21-11-10-18-8-6-7-9-20(18)17-21/h10-15,17,24,30H,5-9,16H2,1-4H3/b25-23-. The van der Waals surface area contributed by atoms with Gasteiger partial charge in [0.05, 0.1) is 11.6 Å². The van der Waals surface area contributed by atoms with Gasteiger partial charge in [-0.15, -0.1) is 0 Å². The first-order valence-electron chi connectivity index (χ1n) is 11.7. The molecule has 1 atom stereocenters. The Bertz CT molecular complexity index is 1070. The van der Waals surface area contributed by atoms with E-state index in [2.05, 4.69) is 39.0 Å². The van der Waals surface area contributed by atoms with Gasteiger partial charge in [-0.3, -0.25) is 9.59 Å². The number of aryl methyl sites for hydroxylation is 2. The molecule has 2 aliphatic rings. The number of Topliss-reactive ketones (excluding diaryl/α,β-unsaturated/α-hetero) is 1. The summed E-state index contributed by atoms with van der Waals surface area (Å²) in [6.45, 7) is 8.92. The number of amides is 1. The third-order valence-electron chi connectivity index (χ3n) is 6.72. The fraction of sp³-hybridized carbons (Fsp3) is 0.429. The summed E-state index contributed by atoms with van der Waals surface area (Å²) >= 11 is 0. The van der Waals surface area contributed by atoms with Crippen molar-refractivity contribution >= 4 is 17.4 Å². The third kappa shape index (κ3) is 3.99. The van der Waals surface area contributed by atoms with Gasteiger partial charge in [-0.05, 0) is 65.8 Å². The van der Waals surface area contributed by atoms with Crippen LogP contribution in [0.25, 0.3) is 5.76 Å². The van der Waals surface area contributed by atoms with Gasteiger partial charge < -0.3 is 10.0 Å². The van der Waals surface area contributed by atoms with Crippen LogP contribution in [0, 0.1) is 0 Å². The maximum Gasteiger partial charge on any atom is 0.295 e. The number of carbonyl (C=O) groups excluding carboxylic acids is 2. The molecule has 0 radical (unpaired) electrons. The van der Waals surface area contributed by atoms with Gasteiger partial charge in [-0.2, -0.15) is 0 Å².